The molecule has 0 spiro atoms. The van der Waals surface area contributed by atoms with Gasteiger partial charge >= 0.3 is 0 Å². The van der Waals surface area contributed by atoms with Gasteiger partial charge < -0.3 is 25.6 Å². The Bertz CT molecular complexity index is 1210. The second-order valence-corrected chi connectivity index (χ2v) is 9.29. The van der Waals surface area contributed by atoms with Crippen LogP contribution in [-0.2, 0) is 14.4 Å². The first kappa shape index (κ1) is 28.6. The molecule has 14 heteroatoms. The van der Waals surface area contributed by atoms with Gasteiger partial charge in [-0.3, -0.25) is 19.2 Å². The third-order valence-corrected chi connectivity index (χ3v) is 6.05. The summed E-state index contributed by atoms with van der Waals surface area (Å²) in [4.78, 5) is 50.3. The maximum absolute atomic E-state index is 14.0. The number of nitrogens with zero attached hydrogens (tertiary/aromatic N) is 1. The lowest BCUT2D eigenvalue weighted by molar-refractivity contribution is -0.131. The molecular weight excluding hydrogens is 516 g/mol. The third kappa shape index (κ3) is 6.47. The molecule has 38 heavy (non-hydrogen) atoms. The topological polar surface area (TPSA) is 154 Å². The van der Waals surface area contributed by atoms with Crippen LogP contribution in [-0.4, -0.2) is 47.9 Å². The van der Waals surface area contributed by atoms with Crippen molar-refractivity contribution in [1.82, 2.24) is 15.8 Å². The molecule has 2 aromatic rings. The zero-order chi connectivity index (χ0) is 28.1. The van der Waals surface area contributed by atoms with Crippen LogP contribution in [0.1, 0.15) is 55.1 Å². The summed E-state index contributed by atoms with van der Waals surface area (Å²) in [5.41, 5.74) is 5.13. The number of hydrogen-bond acceptors (Lipinski definition) is 7. The van der Waals surface area contributed by atoms with Gasteiger partial charge in [-0.1, -0.05) is 19.0 Å². The highest BCUT2D eigenvalue weighted by Gasteiger charge is 2.35. The van der Waals surface area contributed by atoms with Crippen molar-refractivity contribution in [2.75, 3.05) is 13.2 Å². The Morgan fingerprint density at radius 3 is 2.42 bits per heavy atom. The van der Waals surface area contributed by atoms with Gasteiger partial charge in [0.2, 0.25) is 23.4 Å². The Labute approximate surface area is 214 Å². The van der Waals surface area contributed by atoms with Gasteiger partial charge in [0, 0.05) is 24.1 Å². The number of amides is 3. The number of halogens is 4. The van der Waals surface area contributed by atoms with Gasteiger partial charge in [0.15, 0.2) is 28.9 Å². The van der Waals surface area contributed by atoms with Gasteiger partial charge in [0.1, 0.15) is 12.9 Å². The van der Waals surface area contributed by atoms with E-state index in [1.165, 1.54) is 0 Å². The molecule has 2 heterocycles. The molecule has 0 aliphatic carbocycles. The summed E-state index contributed by atoms with van der Waals surface area (Å²) in [5, 5.41) is 8.63. The normalized spacial score (nSPS) is 16.7. The minimum atomic E-state index is -1.84. The van der Waals surface area contributed by atoms with Crippen LogP contribution in [0.15, 0.2) is 16.9 Å². The Morgan fingerprint density at radius 1 is 1.21 bits per heavy atom. The lowest BCUT2D eigenvalue weighted by atomic mass is 9.88. The Hall–Kier alpha value is -3.97. The molecule has 1 fully saturated rings. The number of ether oxygens (including phenoxy) is 1. The fourth-order valence-corrected chi connectivity index (χ4v) is 4.14. The number of nitrogens with one attached hydrogen (secondary N) is 2. The molecule has 10 nitrogen and oxygen atoms in total. The maximum Gasteiger partial charge on any atom is 0.271 e. The SMILES string of the molecule is CC(C)C[C@H](C(=O)N[C@@H](C[C@@H]1CCNC1=O)C(=O)COc1c(F)c(F)cc(F)c1F)c1conc1C(N)=O. The molecule has 1 aliphatic rings. The molecule has 0 bridgehead atoms. The lowest BCUT2D eigenvalue weighted by Gasteiger charge is -2.24. The summed E-state index contributed by atoms with van der Waals surface area (Å²) < 4.78 is 64.6. The van der Waals surface area contributed by atoms with Crippen LogP contribution >= 0.6 is 0 Å². The predicted molar refractivity (Wildman–Crippen MR) is 122 cm³/mol. The Balaban J connectivity index is 1.85. The van der Waals surface area contributed by atoms with Crippen molar-refractivity contribution in [3.63, 3.8) is 0 Å². The van der Waals surface area contributed by atoms with Crippen molar-refractivity contribution in [2.24, 2.45) is 17.6 Å². The molecule has 3 atom stereocenters. The molecule has 1 aliphatic heterocycles. The molecule has 1 aromatic heterocycles. The Morgan fingerprint density at radius 2 is 1.87 bits per heavy atom. The number of aromatic nitrogens is 1. The average molecular weight is 542 g/mol. The van der Waals surface area contributed by atoms with Crippen molar-refractivity contribution in [3.8, 4) is 5.75 Å². The molecule has 0 saturated carbocycles. The first-order chi connectivity index (χ1) is 17.9. The van der Waals surface area contributed by atoms with E-state index in [0.29, 0.717) is 13.0 Å². The molecule has 3 amide bonds. The van der Waals surface area contributed by atoms with Crippen LogP contribution in [0.25, 0.3) is 0 Å². The van der Waals surface area contributed by atoms with Crippen molar-refractivity contribution in [2.45, 2.75) is 45.1 Å². The van der Waals surface area contributed by atoms with Crippen LogP contribution < -0.4 is 21.1 Å². The monoisotopic (exact) mass is 542 g/mol. The van der Waals surface area contributed by atoms with Crippen LogP contribution in [0.4, 0.5) is 17.6 Å². The van der Waals surface area contributed by atoms with Crippen molar-refractivity contribution >= 4 is 23.5 Å². The highest BCUT2D eigenvalue weighted by Crippen LogP contribution is 2.29. The minimum Gasteiger partial charge on any atom is -0.479 e. The summed E-state index contributed by atoms with van der Waals surface area (Å²) in [6.45, 7) is 2.87. The highest BCUT2D eigenvalue weighted by atomic mass is 19.2. The first-order valence-corrected chi connectivity index (χ1v) is 11.7. The van der Waals surface area contributed by atoms with Gasteiger partial charge in [0.25, 0.3) is 5.91 Å². The van der Waals surface area contributed by atoms with Crippen LogP contribution in [0.2, 0.25) is 0 Å². The summed E-state index contributed by atoms with van der Waals surface area (Å²) >= 11 is 0. The lowest BCUT2D eigenvalue weighted by Crippen LogP contribution is -2.46. The second kappa shape index (κ2) is 12.0. The number of benzene rings is 1. The average Bonchev–Trinajstić information content (AvgIpc) is 3.49. The summed E-state index contributed by atoms with van der Waals surface area (Å²) in [6, 6.07) is -1.41. The van der Waals surface area contributed by atoms with E-state index in [0.717, 1.165) is 6.26 Å². The van der Waals surface area contributed by atoms with Gasteiger partial charge in [0.05, 0.1) is 12.0 Å². The number of carbonyl (C=O) groups is 4. The van der Waals surface area contributed by atoms with E-state index in [4.69, 9.17) is 15.0 Å². The summed E-state index contributed by atoms with van der Waals surface area (Å²) in [5.74, 6) is -13.3. The largest absolute Gasteiger partial charge is 0.479 e. The van der Waals surface area contributed by atoms with Crippen molar-refractivity contribution in [1.29, 1.82) is 0 Å². The van der Waals surface area contributed by atoms with E-state index in [1.54, 1.807) is 13.8 Å². The van der Waals surface area contributed by atoms with Gasteiger partial charge in [-0.15, -0.1) is 0 Å². The second-order valence-electron chi connectivity index (χ2n) is 9.29. The molecule has 0 unspecified atom stereocenters. The van der Waals surface area contributed by atoms with Crippen molar-refractivity contribution in [3.05, 3.63) is 46.9 Å². The van der Waals surface area contributed by atoms with Gasteiger partial charge in [-0.25, -0.2) is 8.78 Å². The van der Waals surface area contributed by atoms with E-state index in [1.807, 2.05) is 0 Å². The minimum absolute atomic E-state index is 0.0129. The molecular formula is C24H26F4N4O6. The highest BCUT2D eigenvalue weighted by molar-refractivity contribution is 5.96. The molecule has 4 N–H and O–H groups in total. The van der Waals surface area contributed by atoms with Crippen LogP contribution in [0, 0.1) is 35.1 Å². The smallest absolute Gasteiger partial charge is 0.271 e. The van der Waals surface area contributed by atoms with Crippen LogP contribution in [0.5, 0.6) is 5.75 Å². The number of hydrogen-bond donors (Lipinski definition) is 3. The number of primary amides is 1. The molecule has 206 valence electrons. The zero-order valence-corrected chi connectivity index (χ0v) is 20.5. The van der Waals surface area contributed by atoms with Crippen LogP contribution in [0.3, 0.4) is 0 Å². The van der Waals surface area contributed by atoms with Gasteiger partial charge in [-0.05, 0) is 25.2 Å². The molecule has 3 rings (SSSR count). The number of ketones is 1. The van der Waals surface area contributed by atoms with Gasteiger partial charge in [-0.2, -0.15) is 8.78 Å². The molecule has 1 aromatic carbocycles. The molecule has 1 saturated heterocycles. The summed E-state index contributed by atoms with van der Waals surface area (Å²) in [6.07, 6.45) is 1.43. The quantitative estimate of drug-likeness (QED) is 0.274. The first-order valence-electron chi connectivity index (χ1n) is 11.7. The van der Waals surface area contributed by atoms with E-state index >= 15 is 0 Å². The predicted octanol–water partition coefficient (Wildman–Crippen LogP) is 2.12. The maximum atomic E-state index is 14.0. The zero-order valence-electron chi connectivity index (χ0n) is 20.5. The van der Waals surface area contributed by atoms with Crippen molar-refractivity contribution < 1.29 is 46.0 Å². The number of carbonyl (C=O) groups excluding carboxylic acids is 4. The standard InChI is InChI=1S/C24H26F4N4O6/c1-10(2)5-12(13-8-38-32-20(13)22(29)34)24(36)31-16(6-11-3-4-30-23(11)35)17(33)9-37-21-18(27)14(25)7-15(26)19(21)28/h7-8,10-12,16H,3-6,9H2,1-2H3,(H2,29,34)(H,30,35)(H,31,36)/t11-,12-,16-/m0/s1. The van der Waals surface area contributed by atoms with E-state index < -0.39 is 71.1 Å². The van der Waals surface area contributed by atoms with E-state index in [9.17, 15) is 36.7 Å². The number of nitrogens with two attached hydrogens (primary N) is 1. The Kier molecular flexibility index (Phi) is 9.07. The number of Topliss-reactive ketones (excluding diaryl/α,β-unsaturated/α-hetero) is 1. The fraction of sp³-hybridized carbons (Fsp3) is 0.458. The number of rotatable bonds is 12. The van der Waals surface area contributed by atoms with E-state index in [-0.39, 0.29) is 42.0 Å². The third-order valence-electron chi connectivity index (χ3n) is 6.05. The fourth-order valence-electron chi connectivity index (χ4n) is 4.14. The molecule has 0 radical (unpaired) electrons. The van der Waals surface area contributed by atoms with E-state index in [2.05, 4.69) is 15.8 Å². The summed E-state index contributed by atoms with van der Waals surface area (Å²) in [7, 11) is 0.